The number of carbonyl (C=O) groups is 1. The second-order valence-corrected chi connectivity index (χ2v) is 5.07. The molecule has 1 saturated heterocycles. The van der Waals surface area contributed by atoms with E-state index in [1.807, 2.05) is 0 Å². The van der Waals surface area contributed by atoms with E-state index in [4.69, 9.17) is 14.2 Å². The van der Waals surface area contributed by atoms with Crippen LogP contribution in [0.4, 0.5) is 0 Å². The van der Waals surface area contributed by atoms with Gasteiger partial charge in [0, 0.05) is 6.61 Å². The molecule has 0 radical (unpaired) electrons. The summed E-state index contributed by atoms with van der Waals surface area (Å²) in [6.45, 7) is 0.734. The van der Waals surface area contributed by atoms with Gasteiger partial charge in [-0.05, 0) is 38.5 Å². The van der Waals surface area contributed by atoms with Crippen LogP contribution in [0.3, 0.4) is 0 Å². The molecule has 5 nitrogen and oxygen atoms in total. The van der Waals surface area contributed by atoms with Crippen LogP contribution in [0.15, 0.2) is 0 Å². The van der Waals surface area contributed by atoms with Crippen molar-refractivity contribution in [1.82, 2.24) is 0 Å². The Morgan fingerprint density at radius 2 is 2.11 bits per heavy atom. The first-order valence-corrected chi connectivity index (χ1v) is 6.73. The molecule has 104 valence electrons. The average molecular weight is 258 g/mol. The number of esters is 1. The van der Waals surface area contributed by atoms with Crippen molar-refractivity contribution < 1.29 is 24.1 Å². The highest BCUT2D eigenvalue weighted by atomic mass is 16.7. The summed E-state index contributed by atoms with van der Waals surface area (Å²) in [6, 6.07) is 0. The largest absolute Gasteiger partial charge is 0.469 e. The summed E-state index contributed by atoms with van der Waals surface area (Å²) in [6.07, 6.45) is 3.89. The van der Waals surface area contributed by atoms with Gasteiger partial charge >= 0.3 is 5.97 Å². The predicted molar refractivity (Wildman–Crippen MR) is 63.8 cm³/mol. The van der Waals surface area contributed by atoms with E-state index in [9.17, 15) is 9.90 Å². The molecule has 0 aromatic carbocycles. The standard InChI is InChI=1S/C13H22O5/c1-16-13(15)9-5-6-11(10(14)8-9)18-12-4-2-3-7-17-12/h9-12,14H,2-8H2,1H3/t9?,10?,11-,12?/m0/s1. The Morgan fingerprint density at radius 1 is 1.28 bits per heavy atom. The van der Waals surface area contributed by atoms with E-state index < -0.39 is 6.10 Å². The summed E-state index contributed by atoms with van der Waals surface area (Å²) in [5, 5.41) is 10.0. The molecule has 1 heterocycles. The lowest BCUT2D eigenvalue weighted by Gasteiger charge is -2.35. The predicted octanol–water partition coefficient (Wildman–Crippen LogP) is 1.23. The number of ether oxygens (including phenoxy) is 3. The van der Waals surface area contributed by atoms with Gasteiger partial charge in [-0.3, -0.25) is 4.79 Å². The molecule has 1 aliphatic carbocycles. The lowest BCUT2D eigenvalue weighted by molar-refractivity contribution is -0.216. The quantitative estimate of drug-likeness (QED) is 0.771. The number of aliphatic hydroxyl groups excluding tert-OH is 1. The molecule has 0 spiro atoms. The first-order valence-electron chi connectivity index (χ1n) is 6.73. The zero-order valence-electron chi connectivity index (χ0n) is 10.8. The molecule has 18 heavy (non-hydrogen) atoms. The maximum atomic E-state index is 11.4. The minimum atomic E-state index is -0.603. The molecule has 0 aromatic rings. The minimum Gasteiger partial charge on any atom is -0.469 e. The van der Waals surface area contributed by atoms with Gasteiger partial charge in [0.2, 0.25) is 0 Å². The van der Waals surface area contributed by atoms with Crippen molar-refractivity contribution >= 4 is 5.97 Å². The fraction of sp³-hybridized carbons (Fsp3) is 0.923. The fourth-order valence-corrected chi connectivity index (χ4v) is 2.67. The van der Waals surface area contributed by atoms with Gasteiger partial charge in [-0.1, -0.05) is 0 Å². The van der Waals surface area contributed by atoms with E-state index in [-0.39, 0.29) is 24.3 Å². The zero-order chi connectivity index (χ0) is 13.0. The third kappa shape index (κ3) is 3.43. The van der Waals surface area contributed by atoms with Gasteiger partial charge in [-0.25, -0.2) is 0 Å². The van der Waals surface area contributed by atoms with Gasteiger partial charge in [-0.2, -0.15) is 0 Å². The smallest absolute Gasteiger partial charge is 0.308 e. The summed E-state index contributed by atoms with van der Waals surface area (Å²) >= 11 is 0. The van der Waals surface area contributed by atoms with Crippen molar-refractivity contribution in [2.24, 2.45) is 5.92 Å². The van der Waals surface area contributed by atoms with E-state index >= 15 is 0 Å². The maximum Gasteiger partial charge on any atom is 0.308 e. The highest BCUT2D eigenvalue weighted by Crippen LogP contribution is 2.29. The number of methoxy groups -OCH3 is 1. The van der Waals surface area contributed by atoms with Gasteiger partial charge in [0.15, 0.2) is 6.29 Å². The molecule has 2 aliphatic rings. The van der Waals surface area contributed by atoms with Gasteiger partial charge < -0.3 is 19.3 Å². The van der Waals surface area contributed by atoms with Crippen LogP contribution in [0.1, 0.15) is 38.5 Å². The van der Waals surface area contributed by atoms with E-state index in [0.717, 1.165) is 25.9 Å². The van der Waals surface area contributed by atoms with Crippen molar-refractivity contribution in [3.05, 3.63) is 0 Å². The van der Waals surface area contributed by atoms with Crippen LogP contribution in [0.25, 0.3) is 0 Å². The Labute approximate surface area is 107 Å². The number of rotatable bonds is 3. The van der Waals surface area contributed by atoms with Crippen LogP contribution in [0.5, 0.6) is 0 Å². The third-order valence-electron chi connectivity index (χ3n) is 3.75. The van der Waals surface area contributed by atoms with Crippen LogP contribution in [0.2, 0.25) is 0 Å². The number of hydrogen-bond donors (Lipinski definition) is 1. The highest BCUT2D eigenvalue weighted by molar-refractivity contribution is 5.72. The topological polar surface area (TPSA) is 65.0 Å². The molecule has 1 N–H and O–H groups in total. The molecule has 2 fully saturated rings. The summed E-state index contributed by atoms with van der Waals surface area (Å²) in [7, 11) is 1.38. The van der Waals surface area contributed by atoms with Crippen LogP contribution < -0.4 is 0 Å². The molecule has 1 saturated carbocycles. The molecule has 5 heteroatoms. The number of carbonyl (C=O) groups excluding carboxylic acids is 1. The Bertz CT molecular complexity index is 275. The molecule has 0 bridgehead atoms. The average Bonchev–Trinajstić information content (AvgIpc) is 2.41. The lowest BCUT2D eigenvalue weighted by Crippen LogP contribution is -2.41. The monoisotopic (exact) mass is 258 g/mol. The van der Waals surface area contributed by atoms with Crippen LogP contribution >= 0.6 is 0 Å². The van der Waals surface area contributed by atoms with E-state index in [2.05, 4.69) is 0 Å². The second-order valence-electron chi connectivity index (χ2n) is 5.07. The molecular formula is C13H22O5. The van der Waals surface area contributed by atoms with Crippen molar-refractivity contribution in [3.8, 4) is 0 Å². The number of aliphatic hydroxyl groups is 1. The maximum absolute atomic E-state index is 11.4. The zero-order valence-corrected chi connectivity index (χ0v) is 10.8. The Hall–Kier alpha value is -0.650. The number of hydrogen-bond acceptors (Lipinski definition) is 5. The van der Waals surface area contributed by atoms with Crippen molar-refractivity contribution in [2.45, 2.75) is 57.0 Å². The second kappa shape index (κ2) is 6.50. The van der Waals surface area contributed by atoms with Crippen molar-refractivity contribution in [1.29, 1.82) is 0 Å². The molecular weight excluding hydrogens is 236 g/mol. The van der Waals surface area contributed by atoms with Crippen LogP contribution in [0, 0.1) is 5.92 Å². The highest BCUT2D eigenvalue weighted by Gasteiger charge is 2.35. The lowest BCUT2D eigenvalue weighted by atomic mass is 9.85. The van der Waals surface area contributed by atoms with E-state index in [1.165, 1.54) is 7.11 Å². The van der Waals surface area contributed by atoms with Crippen LogP contribution in [-0.4, -0.2) is 43.3 Å². The van der Waals surface area contributed by atoms with Gasteiger partial charge in [0.1, 0.15) is 0 Å². The molecule has 1 aliphatic heterocycles. The summed E-state index contributed by atoms with van der Waals surface area (Å²) in [5.41, 5.74) is 0. The first-order chi connectivity index (χ1) is 8.70. The van der Waals surface area contributed by atoms with Crippen LogP contribution in [-0.2, 0) is 19.0 Å². The summed E-state index contributed by atoms with van der Waals surface area (Å²) in [4.78, 5) is 11.4. The Kier molecular flexibility index (Phi) is 4.97. The molecule has 2 rings (SSSR count). The Morgan fingerprint density at radius 3 is 2.72 bits per heavy atom. The fourth-order valence-electron chi connectivity index (χ4n) is 2.67. The molecule has 0 aromatic heterocycles. The summed E-state index contributed by atoms with van der Waals surface area (Å²) < 4.78 is 16.0. The summed E-state index contributed by atoms with van der Waals surface area (Å²) in [5.74, 6) is -0.432. The van der Waals surface area contributed by atoms with Gasteiger partial charge in [0.05, 0.1) is 25.2 Å². The van der Waals surface area contributed by atoms with Gasteiger partial charge in [-0.15, -0.1) is 0 Å². The Balaban J connectivity index is 1.79. The molecule has 0 amide bonds. The molecule has 4 atom stereocenters. The minimum absolute atomic E-state index is 0.187. The molecule has 3 unspecified atom stereocenters. The third-order valence-corrected chi connectivity index (χ3v) is 3.75. The van der Waals surface area contributed by atoms with E-state index in [0.29, 0.717) is 19.3 Å². The van der Waals surface area contributed by atoms with Crippen molar-refractivity contribution in [3.63, 3.8) is 0 Å². The van der Waals surface area contributed by atoms with E-state index in [1.54, 1.807) is 0 Å². The first kappa shape index (κ1) is 13.8. The van der Waals surface area contributed by atoms with Gasteiger partial charge in [0.25, 0.3) is 0 Å². The van der Waals surface area contributed by atoms with Crippen molar-refractivity contribution in [2.75, 3.05) is 13.7 Å². The normalized spacial score (nSPS) is 37.2. The SMILES string of the molecule is COC(=O)C1CC[C@H](OC2CCCCO2)C(O)C1.